The van der Waals surface area contributed by atoms with Gasteiger partial charge in [-0.05, 0) is 98.1 Å². The van der Waals surface area contributed by atoms with Crippen molar-refractivity contribution in [1.82, 2.24) is 9.91 Å². The van der Waals surface area contributed by atoms with Crippen LogP contribution in [0, 0.1) is 23.7 Å². The smallest absolute Gasteiger partial charge is 0.260 e. The highest BCUT2D eigenvalue weighted by Crippen LogP contribution is 2.65. The largest absolute Gasteiger partial charge is 0.503 e. The number of methoxy groups -OCH3 is 2. The number of rotatable bonds is 6. The van der Waals surface area contributed by atoms with Crippen molar-refractivity contribution in [2.45, 2.75) is 24.2 Å². The number of hydrogen-bond donors (Lipinski definition) is 2. The number of nitrogens with zero attached hydrogens (tertiary/aromatic N) is 2. The maximum atomic E-state index is 15.4. The van der Waals surface area contributed by atoms with Crippen molar-refractivity contribution in [2.24, 2.45) is 23.7 Å². The standard InChI is InChI=1S/C35H29Br2Cl2N3O7/c1-41-31(44)19-10-9-18-20(26(19)33(41)46)13-22-32(45)42(40-24-11-6-16(38)12-23(24)39)34(47)35(22,15-4-7-17(48-2)8-5-15)27(18)21-14-25(49-3)30(43)29(37)28(21)36/h4-9,11-12,14,19-20,22,26-27,40,43H,10,13H2,1-3H3/t19-,20+,22-,26-,27+,35+/m0/s1. The third-order valence-electron chi connectivity index (χ3n) is 10.5. The molecule has 0 bridgehead atoms. The Bertz CT molecular complexity index is 1990. The molecule has 6 atom stereocenters. The van der Waals surface area contributed by atoms with Crippen LogP contribution in [-0.4, -0.2) is 59.9 Å². The van der Waals surface area contributed by atoms with Gasteiger partial charge in [0.25, 0.3) is 11.8 Å². The van der Waals surface area contributed by atoms with Gasteiger partial charge in [0.15, 0.2) is 11.5 Å². The van der Waals surface area contributed by atoms with E-state index in [1.165, 1.54) is 32.2 Å². The van der Waals surface area contributed by atoms with Crippen molar-refractivity contribution in [1.29, 1.82) is 0 Å². The Morgan fingerprint density at radius 3 is 2.29 bits per heavy atom. The minimum Gasteiger partial charge on any atom is -0.503 e. The van der Waals surface area contributed by atoms with Crippen LogP contribution in [0.5, 0.6) is 17.2 Å². The summed E-state index contributed by atoms with van der Waals surface area (Å²) in [7, 11) is 4.43. The van der Waals surface area contributed by atoms with Gasteiger partial charge in [-0.1, -0.05) is 47.0 Å². The number of carbonyl (C=O) groups is 4. The second kappa shape index (κ2) is 12.3. The average Bonchev–Trinajstić information content (AvgIpc) is 3.45. The molecule has 0 unspecified atom stereocenters. The normalized spacial score (nSPS) is 27.5. The molecular weight excluding hydrogens is 805 g/mol. The van der Waals surface area contributed by atoms with Gasteiger partial charge in [0.2, 0.25) is 11.8 Å². The van der Waals surface area contributed by atoms with Crippen molar-refractivity contribution >= 4 is 84.4 Å². The third kappa shape index (κ3) is 4.85. The third-order valence-corrected chi connectivity index (χ3v) is 13.2. The van der Waals surface area contributed by atoms with E-state index < -0.39 is 46.8 Å². The fourth-order valence-electron chi connectivity index (χ4n) is 8.32. The zero-order valence-corrected chi connectivity index (χ0v) is 31.0. The van der Waals surface area contributed by atoms with Gasteiger partial charge in [0.05, 0.1) is 52.6 Å². The van der Waals surface area contributed by atoms with Crippen LogP contribution in [0.25, 0.3) is 0 Å². The maximum Gasteiger partial charge on any atom is 0.260 e. The van der Waals surface area contributed by atoms with Gasteiger partial charge in [-0.25, -0.2) is 0 Å². The van der Waals surface area contributed by atoms with Crippen LogP contribution < -0.4 is 14.9 Å². The average molecular weight is 834 g/mol. The SMILES string of the molecule is COc1ccc([C@@]23C(=O)N(Nc4ccc(Cl)cc4Cl)C(=O)[C@@H]2C[C@@H]2C(=CC[C@@H]4C(=O)N(C)C(=O)[C@@H]42)[C@@H]3c2cc(OC)c(O)c(Br)c2Br)cc1. The topological polar surface area (TPSA) is 125 Å². The first-order valence-electron chi connectivity index (χ1n) is 15.4. The molecule has 254 valence electrons. The summed E-state index contributed by atoms with van der Waals surface area (Å²) in [6, 6.07) is 13.3. The van der Waals surface area contributed by atoms with Crippen LogP contribution in [0.15, 0.2) is 69.1 Å². The van der Waals surface area contributed by atoms with E-state index in [-0.39, 0.29) is 51.3 Å². The summed E-state index contributed by atoms with van der Waals surface area (Å²) in [5.74, 6) is -4.86. The number of likely N-dealkylation sites (tertiary alicyclic amines) is 1. The number of ether oxygens (including phenoxy) is 2. The van der Waals surface area contributed by atoms with Crippen molar-refractivity contribution in [3.8, 4) is 17.2 Å². The van der Waals surface area contributed by atoms with Gasteiger partial charge < -0.3 is 14.6 Å². The highest BCUT2D eigenvalue weighted by atomic mass is 79.9. The molecule has 4 aliphatic rings. The molecular formula is C35H29Br2Cl2N3O7. The summed E-state index contributed by atoms with van der Waals surface area (Å²) >= 11 is 19.8. The number of benzene rings is 3. The molecule has 2 N–H and O–H groups in total. The summed E-state index contributed by atoms with van der Waals surface area (Å²) in [6.45, 7) is 0. The molecule has 3 aromatic carbocycles. The summed E-state index contributed by atoms with van der Waals surface area (Å²) in [5.41, 5.74) is 3.51. The van der Waals surface area contributed by atoms with Gasteiger partial charge in [-0.2, -0.15) is 5.01 Å². The van der Waals surface area contributed by atoms with E-state index in [1.54, 1.807) is 42.5 Å². The molecule has 4 amide bonds. The Balaban J connectivity index is 1.52. The lowest BCUT2D eigenvalue weighted by atomic mass is 9.49. The number of amides is 4. The summed E-state index contributed by atoms with van der Waals surface area (Å²) < 4.78 is 11.7. The molecule has 2 saturated heterocycles. The van der Waals surface area contributed by atoms with Crippen LogP contribution in [0.1, 0.15) is 29.9 Å². The van der Waals surface area contributed by atoms with Gasteiger partial charge in [0.1, 0.15) is 5.75 Å². The predicted molar refractivity (Wildman–Crippen MR) is 188 cm³/mol. The van der Waals surface area contributed by atoms with E-state index in [2.05, 4.69) is 37.3 Å². The van der Waals surface area contributed by atoms with Crippen LogP contribution in [0.2, 0.25) is 10.0 Å². The Morgan fingerprint density at radius 1 is 0.918 bits per heavy atom. The second-order valence-electron chi connectivity index (χ2n) is 12.6. The van der Waals surface area contributed by atoms with E-state index in [1.807, 2.05) is 6.08 Å². The fourth-order valence-corrected chi connectivity index (χ4v) is 9.73. The molecule has 3 fully saturated rings. The molecule has 0 radical (unpaired) electrons. The molecule has 7 rings (SSSR count). The van der Waals surface area contributed by atoms with Crippen LogP contribution in [0.3, 0.4) is 0 Å². The van der Waals surface area contributed by atoms with Crippen LogP contribution in [-0.2, 0) is 24.6 Å². The number of imide groups is 2. The number of hydrazine groups is 1. The number of fused-ring (bicyclic) bond motifs is 4. The van der Waals surface area contributed by atoms with Crippen molar-refractivity contribution < 1.29 is 33.8 Å². The first kappa shape index (κ1) is 33.9. The van der Waals surface area contributed by atoms with E-state index in [0.29, 0.717) is 26.4 Å². The molecule has 2 aliphatic heterocycles. The highest BCUT2D eigenvalue weighted by molar-refractivity contribution is 9.13. The fraction of sp³-hybridized carbons (Fsp3) is 0.314. The molecule has 0 spiro atoms. The van der Waals surface area contributed by atoms with Gasteiger partial charge in [0, 0.05) is 22.5 Å². The molecule has 0 aromatic heterocycles. The highest BCUT2D eigenvalue weighted by Gasteiger charge is 2.70. The molecule has 3 aromatic rings. The zero-order valence-electron chi connectivity index (χ0n) is 26.3. The first-order chi connectivity index (χ1) is 23.4. The molecule has 2 heterocycles. The minimum absolute atomic E-state index is 0.119. The Kier molecular flexibility index (Phi) is 8.53. The number of hydrogen-bond acceptors (Lipinski definition) is 8. The second-order valence-corrected chi connectivity index (χ2v) is 15.0. The molecule has 49 heavy (non-hydrogen) atoms. The van der Waals surface area contributed by atoms with Crippen LogP contribution in [0.4, 0.5) is 5.69 Å². The van der Waals surface area contributed by atoms with Gasteiger partial charge >= 0.3 is 0 Å². The molecule has 10 nitrogen and oxygen atoms in total. The summed E-state index contributed by atoms with van der Waals surface area (Å²) in [4.78, 5) is 58.3. The number of carbonyl (C=O) groups excluding carboxylic acids is 4. The van der Waals surface area contributed by atoms with Crippen LogP contribution >= 0.6 is 55.1 Å². The quantitative estimate of drug-likeness (QED) is 0.204. The number of anilines is 1. The number of aromatic hydroxyl groups is 1. The lowest BCUT2D eigenvalue weighted by Gasteiger charge is -2.51. The molecule has 2 aliphatic carbocycles. The van der Waals surface area contributed by atoms with E-state index in [4.69, 9.17) is 32.7 Å². The van der Waals surface area contributed by atoms with Crippen molar-refractivity contribution in [2.75, 3.05) is 26.7 Å². The number of phenols is 1. The molecule has 14 heteroatoms. The monoisotopic (exact) mass is 831 g/mol. The van der Waals surface area contributed by atoms with Gasteiger partial charge in [-0.3, -0.25) is 29.5 Å². The zero-order chi connectivity index (χ0) is 35.1. The van der Waals surface area contributed by atoms with Gasteiger partial charge in [-0.15, -0.1) is 0 Å². The molecule has 1 saturated carbocycles. The number of nitrogens with one attached hydrogen (secondary N) is 1. The minimum atomic E-state index is -1.58. The summed E-state index contributed by atoms with van der Waals surface area (Å²) in [6.07, 6.45) is 2.35. The number of allylic oxidation sites excluding steroid dienone is 2. The van der Waals surface area contributed by atoms with Crippen molar-refractivity contribution in [3.63, 3.8) is 0 Å². The number of halogens is 4. The van der Waals surface area contributed by atoms with E-state index in [9.17, 15) is 19.5 Å². The Hall–Kier alpha value is -3.58. The summed E-state index contributed by atoms with van der Waals surface area (Å²) in [5, 5.41) is 12.5. The van der Waals surface area contributed by atoms with E-state index >= 15 is 4.79 Å². The lowest BCUT2D eigenvalue weighted by Crippen LogP contribution is -2.53. The van der Waals surface area contributed by atoms with Crippen molar-refractivity contribution in [3.05, 3.63) is 90.3 Å². The number of phenolic OH excluding ortho intramolecular Hbond substituents is 1. The predicted octanol–water partition coefficient (Wildman–Crippen LogP) is 6.86. The van der Waals surface area contributed by atoms with E-state index in [0.717, 1.165) is 10.6 Å². The Morgan fingerprint density at radius 2 is 1.63 bits per heavy atom. The maximum absolute atomic E-state index is 15.4. The first-order valence-corrected chi connectivity index (χ1v) is 17.7. The lowest BCUT2D eigenvalue weighted by molar-refractivity contribution is -0.140. The Labute approximate surface area is 308 Å².